The molecule has 0 saturated carbocycles. The van der Waals surface area contributed by atoms with E-state index in [2.05, 4.69) is 11.8 Å². The van der Waals surface area contributed by atoms with Gasteiger partial charge >= 0.3 is 0 Å². The lowest BCUT2D eigenvalue weighted by Gasteiger charge is -2.17. The van der Waals surface area contributed by atoms with Crippen LogP contribution in [0.3, 0.4) is 0 Å². The van der Waals surface area contributed by atoms with E-state index in [4.69, 9.17) is 5.73 Å². The first kappa shape index (κ1) is 12.9. The molecule has 0 bridgehead atoms. The molecule has 1 fully saturated rings. The second kappa shape index (κ2) is 5.01. The molecule has 2 N–H and O–H groups in total. The van der Waals surface area contributed by atoms with Crippen LogP contribution >= 0.6 is 0 Å². The van der Waals surface area contributed by atoms with Crippen LogP contribution in [0.25, 0.3) is 0 Å². The lowest BCUT2D eigenvalue weighted by Crippen LogP contribution is -2.25. The van der Waals surface area contributed by atoms with Gasteiger partial charge in [-0.25, -0.2) is 8.42 Å². The molecule has 18 heavy (non-hydrogen) atoms. The Hall–Kier alpha value is -1.51. The molecular weight excluding hydrogens is 248 g/mol. The Labute approximate surface area is 108 Å². The molecule has 1 aromatic carbocycles. The van der Waals surface area contributed by atoms with Crippen molar-refractivity contribution in [3.05, 3.63) is 29.3 Å². The molecule has 1 aromatic rings. The molecule has 4 nitrogen and oxygen atoms in total. The number of nitrogens with two attached hydrogens (primary N) is 1. The SMILES string of the molecule is Cc1cc(N2CCCS2(=O)=O)ccc1C#CCN. The zero-order valence-corrected chi connectivity index (χ0v) is 11.1. The Morgan fingerprint density at radius 3 is 2.78 bits per heavy atom. The first-order valence-electron chi connectivity index (χ1n) is 5.84. The molecule has 1 aliphatic heterocycles. The number of anilines is 1. The summed E-state index contributed by atoms with van der Waals surface area (Å²) in [6, 6.07) is 5.51. The highest BCUT2D eigenvalue weighted by molar-refractivity contribution is 7.93. The van der Waals surface area contributed by atoms with Gasteiger partial charge in [-0.3, -0.25) is 4.31 Å². The second-order valence-corrected chi connectivity index (χ2v) is 6.26. The van der Waals surface area contributed by atoms with Gasteiger partial charge in [0.15, 0.2) is 0 Å². The summed E-state index contributed by atoms with van der Waals surface area (Å²) < 4.78 is 25.1. The molecule has 0 aromatic heterocycles. The predicted molar refractivity (Wildman–Crippen MR) is 72.9 cm³/mol. The summed E-state index contributed by atoms with van der Waals surface area (Å²) in [6.07, 6.45) is 0.691. The molecule has 96 valence electrons. The average Bonchev–Trinajstić information content (AvgIpc) is 2.67. The third-order valence-electron chi connectivity index (χ3n) is 2.92. The predicted octanol–water partition coefficient (Wildman–Crippen LogP) is 0.845. The van der Waals surface area contributed by atoms with Gasteiger partial charge < -0.3 is 5.73 Å². The summed E-state index contributed by atoms with van der Waals surface area (Å²) in [6.45, 7) is 2.81. The zero-order valence-electron chi connectivity index (χ0n) is 10.3. The largest absolute Gasteiger partial charge is 0.320 e. The topological polar surface area (TPSA) is 63.4 Å². The number of hydrogen-bond acceptors (Lipinski definition) is 3. The quantitative estimate of drug-likeness (QED) is 0.765. The molecule has 1 aliphatic rings. The Morgan fingerprint density at radius 2 is 2.22 bits per heavy atom. The van der Waals surface area contributed by atoms with Gasteiger partial charge in [-0.15, -0.1) is 0 Å². The highest BCUT2D eigenvalue weighted by Gasteiger charge is 2.28. The van der Waals surface area contributed by atoms with Crippen molar-refractivity contribution in [3.63, 3.8) is 0 Å². The van der Waals surface area contributed by atoms with Crippen molar-refractivity contribution in [1.82, 2.24) is 0 Å². The number of sulfonamides is 1. The molecule has 0 aliphatic carbocycles. The van der Waals surface area contributed by atoms with Crippen molar-refractivity contribution in [3.8, 4) is 11.8 Å². The second-order valence-electron chi connectivity index (χ2n) is 4.25. The number of benzene rings is 1. The van der Waals surface area contributed by atoms with E-state index in [0.29, 0.717) is 19.5 Å². The van der Waals surface area contributed by atoms with Gasteiger partial charge in [-0.1, -0.05) is 11.8 Å². The van der Waals surface area contributed by atoms with Crippen molar-refractivity contribution in [2.24, 2.45) is 5.73 Å². The van der Waals surface area contributed by atoms with Crippen molar-refractivity contribution in [2.45, 2.75) is 13.3 Å². The third kappa shape index (κ3) is 2.50. The number of rotatable bonds is 1. The van der Waals surface area contributed by atoms with Crippen LogP contribution in [0, 0.1) is 18.8 Å². The van der Waals surface area contributed by atoms with E-state index in [1.165, 1.54) is 4.31 Å². The van der Waals surface area contributed by atoms with Crippen molar-refractivity contribution in [2.75, 3.05) is 23.1 Å². The van der Waals surface area contributed by atoms with Crippen LogP contribution in [-0.2, 0) is 10.0 Å². The molecule has 1 heterocycles. The Bertz CT molecular complexity index is 612. The van der Waals surface area contributed by atoms with E-state index in [0.717, 1.165) is 16.8 Å². The van der Waals surface area contributed by atoms with Gasteiger partial charge in [0.25, 0.3) is 0 Å². The minimum atomic E-state index is -3.11. The molecule has 5 heteroatoms. The minimum absolute atomic E-state index is 0.237. The van der Waals surface area contributed by atoms with E-state index in [-0.39, 0.29) is 5.75 Å². The van der Waals surface area contributed by atoms with Crippen LogP contribution in [0.15, 0.2) is 18.2 Å². The van der Waals surface area contributed by atoms with Gasteiger partial charge in [-0.05, 0) is 37.1 Å². The Morgan fingerprint density at radius 1 is 1.44 bits per heavy atom. The fraction of sp³-hybridized carbons (Fsp3) is 0.385. The minimum Gasteiger partial charge on any atom is -0.320 e. The summed E-state index contributed by atoms with van der Waals surface area (Å²) in [5.41, 5.74) is 7.91. The Balaban J connectivity index is 2.35. The van der Waals surface area contributed by atoms with E-state index in [1.807, 2.05) is 19.1 Å². The third-order valence-corrected chi connectivity index (χ3v) is 4.79. The summed E-state index contributed by atoms with van der Waals surface area (Å²) in [7, 11) is -3.11. The number of aryl methyl sites for hydroxylation is 1. The molecule has 2 rings (SSSR count). The first-order valence-corrected chi connectivity index (χ1v) is 7.45. The van der Waals surface area contributed by atoms with Gasteiger partial charge in [0, 0.05) is 12.1 Å². The Kier molecular flexibility index (Phi) is 3.60. The lowest BCUT2D eigenvalue weighted by atomic mass is 10.1. The fourth-order valence-electron chi connectivity index (χ4n) is 2.02. The standard InChI is InChI=1S/C13H16N2O2S/c1-11-10-13(6-5-12(11)4-2-7-14)15-8-3-9-18(15,16)17/h5-6,10H,3,7-9,14H2,1H3. The molecule has 0 atom stereocenters. The molecule has 1 saturated heterocycles. The van der Waals surface area contributed by atoms with Crippen molar-refractivity contribution >= 4 is 15.7 Å². The summed E-state index contributed by atoms with van der Waals surface area (Å²) >= 11 is 0. The molecule has 0 radical (unpaired) electrons. The van der Waals surface area contributed by atoms with E-state index in [9.17, 15) is 8.42 Å². The maximum Gasteiger partial charge on any atom is 0.235 e. The van der Waals surface area contributed by atoms with Crippen LogP contribution in [0.2, 0.25) is 0 Å². The maximum absolute atomic E-state index is 11.8. The molecular formula is C13H16N2O2S. The normalized spacial score (nSPS) is 17.3. The van der Waals surface area contributed by atoms with Gasteiger partial charge in [0.2, 0.25) is 10.0 Å². The van der Waals surface area contributed by atoms with Crippen molar-refractivity contribution < 1.29 is 8.42 Å². The van der Waals surface area contributed by atoms with Crippen LogP contribution in [-0.4, -0.2) is 27.3 Å². The molecule has 0 spiro atoms. The number of hydrogen-bond donors (Lipinski definition) is 1. The van der Waals surface area contributed by atoms with Crippen LogP contribution in [0.4, 0.5) is 5.69 Å². The van der Waals surface area contributed by atoms with Gasteiger partial charge in [-0.2, -0.15) is 0 Å². The first-order chi connectivity index (χ1) is 8.54. The lowest BCUT2D eigenvalue weighted by molar-refractivity contribution is 0.599. The van der Waals surface area contributed by atoms with E-state index in [1.54, 1.807) is 6.07 Å². The average molecular weight is 264 g/mol. The molecule has 0 unspecified atom stereocenters. The summed E-state index contributed by atoms with van der Waals surface area (Å²) in [5, 5.41) is 0. The molecule has 0 amide bonds. The number of nitrogens with zero attached hydrogens (tertiary/aromatic N) is 1. The van der Waals surface area contributed by atoms with Crippen LogP contribution in [0.1, 0.15) is 17.5 Å². The highest BCUT2D eigenvalue weighted by Crippen LogP contribution is 2.25. The van der Waals surface area contributed by atoms with Gasteiger partial charge in [0.1, 0.15) is 0 Å². The monoisotopic (exact) mass is 264 g/mol. The highest BCUT2D eigenvalue weighted by atomic mass is 32.2. The van der Waals surface area contributed by atoms with Crippen LogP contribution in [0.5, 0.6) is 0 Å². The van der Waals surface area contributed by atoms with Gasteiger partial charge in [0.05, 0.1) is 18.0 Å². The fourth-order valence-corrected chi connectivity index (χ4v) is 3.58. The summed E-state index contributed by atoms with van der Waals surface area (Å²) in [4.78, 5) is 0. The zero-order chi connectivity index (χ0) is 13.2. The smallest absolute Gasteiger partial charge is 0.235 e. The van der Waals surface area contributed by atoms with Crippen molar-refractivity contribution in [1.29, 1.82) is 0 Å². The summed E-state index contributed by atoms with van der Waals surface area (Å²) in [5.74, 6) is 6.00. The maximum atomic E-state index is 11.8. The van der Waals surface area contributed by atoms with E-state index >= 15 is 0 Å². The van der Waals surface area contributed by atoms with Crippen LogP contribution < -0.4 is 10.0 Å². The van der Waals surface area contributed by atoms with E-state index < -0.39 is 10.0 Å².